The Morgan fingerprint density at radius 3 is 2.72 bits per heavy atom. The predicted octanol–water partition coefficient (Wildman–Crippen LogP) is 2.88. The highest BCUT2D eigenvalue weighted by atomic mass is 16.5. The van der Waals surface area contributed by atoms with Gasteiger partial charge in [0, 0.05) is 51.2 Å². The van der Waals surface area contributed by atoms with E-state index in [1.165, 1.54) is 11.1 Å². The second-order valence-corrected chi connectivity index (χ2v) is 8.63. The van der Waals surface area contributed by atoms with Gasteiger partial charge in [-0.25, -0.2) is 0 Å². The Kier molecular flexibility index (Phi) is 7.53. The molecule has 3 unspecified atom stereocenters. The number of aliphatic imine (C=N–C) groups is 1. The van der Waals surface area contributed by atoms with Crippen molar-refractivity contribution in [3.8, 4) is 0 Å². The van der Waals surface area contributed by atoms with Crippen molar-refractivity contribution in [2.24, 2.45) is 16.8 Å². The number of carbonyl (C=O) groups is 1. The van der Waals surface area contributed by atoms with Gasteiger partial charge in [-0.15, -0.1) is 0 Å². The van der Waals surface area contributed by atoms with E-state index in [1.807, 2.05) is 18.7 Å². The van der Waals surface area contributed by atoms with Crippen LogP contribution in [-0.2, 0) is 9.53 Å². The lowest BCUT2D eigenvalue weighted by molar-refractivity contribution is -0.133. The number of rotatable bonds is 5. The number of hydrogen-bond acceptors (Lipinski definition) is 3. The van der Waals surface area contributed by atoms with Gasteiger partial charge < -0.3 is 20.3 Å². The van der Waals surface area contributed by atoms with Crippen molar-refractivity contribution in [2.75, 3.05) is 33.3 Å². The van der Waals surface area contributed by atoms with E-state index in [4.69, 9.17) is 4.74 Å². The van der Waals surface area contributed by atoms with E-state index in [9.17, 15) is 4.79 Å². The highest BCUT2D eigenvalue weighted by Crippen LogP contribution is 2.33. The molecule has 1 aromatic rings. The molecule has 0 radical (unpaired) electrons. The van der Waals surface area contributed by atoms with E-state index < -0.39 is 0 Å². The molecule has 2 fully saturated rings. The third kappa shape index (κ3) is 5.72. The van der Waals surface area contributed by atoms with Crippen LogP contribution in [0.25, 0.3) is 0 Å². The van der Waals surface area contributed by atoms with Crippen LogP contribution in [-0.4, -0.2) is 56.1 Å². The summed E-state index contributed by atoms with van der Waals surface area (Å²) in [6.07, 6.45) is 3.32. The second kappa shape index (κ2) is 10.1. The molecule has 6 nitrogen and oxygen atoms in total. The molecule has 1 aromatic carbocycles. The van der Waals surface area contributed by atoms with Crippen molar-refractivity contribution in [1.29, 1.82) is 0 Å². The van der Waals surface area contributed by atoms with Crippen LogP contribution in [0, 0.1) is 18.8 Å². The normalized spacial score (nSPS) is 25.3. The number of ether oxygens (including phenoxy) is 1. The highest BCUT2D eigenvalue weighted by molar-refractivity contribution is 5.81. The lowest BCUT2D eigenvalue weighted by Gasteiger charge is -2.33. The van der Waals surface area contributed by atoms with Gasteiger partial charge in [-0.2, -0.15) is 0 Å². The van der Waals surface area contributed by atoms with E-state index in [0.29, 0.717) is 5.92 Å². The maximum atomic E-state index is 12.2. The predicted molar refractivity (Wildman–Crippen MR) is 117 cm³/mol. The Morgan fingerprint density at radius 1 is 1.28 bits per heavy atom. The first-order chi connectivity index (χ1) is 14.0. The summed E-state index contributed by atoms with van der Waals surface area (Å²) in [5.41, 5.74) is 2.52. The fourth-order valence-electron chi connectivity index (χ4n) is 4.24. The number of nitrogens with one attached hydrogen (secondary N) is 2. The fourth-order valence-corrected chi connectivity index (χ4v) is 4.24. The van der Waals surface area contributed by atoms with Crippen LogP contribution in [0.1, 0.15) is 50.3 Å². The zero-order valence-corrected chi connectivity index (χ0v) is 18.3. The van der Waals surface area contributed by atoms with Gasteiger partial charge >= 0.3 is 0 Å². The Bertz CT molecular complexity index is 701. The summed E-state index contributed by atoms with van der Waals surface area (Å²) in [6.45, 7) is 9.23. The van der Waals surface area contributed by atoms with Crippen LogP contribution < -0.4 is 10.6 Å². The first-order valence-corrected chi connectivity index (χ1v) is 10.9. The van der Waals surface area contributed by atoms with Gasteiger partial charge in [-0.1, -0.05) is 43.7 Å². The molecule has 0 aromatic heterocycles. The average molecular weight is 401 g/mol. The number of carbonyl (C=O) groups excluding carboxylic acids is 1. The topological polar surface area (TPSA) is 66.0 Å². The summed E-state index contributed by atoms with van der Waals surface area (Å²) in [6, 6.07) is 8.93. The first kappa shape index (κ1) is 21.6. The van der Waals surface area contributed by atoms with Crippen LogP contribution in [0.4, 0.5) is 0 Å². The SMILES string of the molecule is CN=C(NCC1CCCOC1c1ccc(C)cc1)NC1CCN(C(=O)C(C)C)C1. The minimum absolute atomic E-state index is 0.0520. The van der Waals surface area contributed by atoms with E-state index >= 15 is 0 Å². The molecule has 160 valence electrons. The third-order valence-corrected chi connectivity index (χ3v) is 5.94. The van der Waals surface area contributed by atoms with Gasteiger partial charge in [-0.05, 0) is 31.7 Å². The molecular formula is C23H36N4O2. The number of amides is 1. The van der Waals surface area contributed by atoms with Crippen LogP contribution in [0.2, 0.25) is 0 Å². The first-order valence-electron chi connectivity index (χ1n) is 10.9. The molecule has 1 amide bonds. The molecule has 0 saturated carbocycles. The lowest BCUT2D eigenvalue weighted by atomic mass is 9.89. The molecule has 2 saturated heterocycles. The quantitative estimate of drug-likeness (QED) is 0.589. The summed E-state index contributed by atoms with van der Waals surface area (Å²) >= 11 is 0. The Morgan fingerprint density at radius 2 is 2.03 bits per heavy atom. The smallest absolute Gasteiger partial charge is 0.225 e. The number of nitrogens with zero attached hydrogens (tertiary/aromatic N) is 2. The number of likely N-dealkylation sites (tertiary alicyclic amines) is 1. The van der Waals surface area contributed by atoms with Crippen molar-refractivity contribution in [3.63, 3.8) is 0 Å². The standard InChI is InChI=1S/C23H36N4O2/c1-16(2)22(28)27-12-11-20(15-27)26-23(24-4)25-14-19-6-5-13-29-21(19)18-9-7-17(3)8-10-18/h7-10,16,19-21H,5-6,11-15H2,1-4H3,(H2,24,25,26). The van der Waals surface area contributed by atoms with Crippen LogP contribution >= 0.6 is 0 Å². The van der Waals surface area contributed by atoms with Gasteiger partial charge in [-0.3, -0.25) is 9.79 Å². The average Bonchev–Trinajstić information content (AvgIpc) is 3.19. The summed E-state index contributed by atoms with van der Waals surface area (Å²) in [4.78, 5) is 18.6. The van der Waals surface area contributed by atoms with Gasteiger partial charge in [0.1, 0.15) is 0 Å². The minimum Gasteiger partial charge on any atom is -0.373 e. The summed E-state index contributed by atoms with van der Waals surface area (Å²) < 4.78 is 6.13. The Hall–Kier alpha value is -2.08. The second-order valence-electron chi connectivity index (χ2n) is 8.63. The minimum atomic E-state index is 0.0520. The molecule has 6 heteroatoms. The van der Waals surface area contributed by atoms with Crippen molar-refractivity contribution in [2.45, 2.75) is 52.2 Å². The number of hydrogen-bond donors (Lipinski definition) is 2. The fraction of sp³-hybridized carbons (Fsp3) is 0.652. The van der Waals surface area contributed by atoms with Crippen molar-refractivity contribution in [3.05, 3.63) is 35.4 Å². The van der Waals surface area contributed by atoms with E-state index in [-0.39, 0.29) is 24.0 Å². The third-order valence-electron chi connectivity index (χ3n) is 5.94. The van der Waals surface area contributed by atoms with Gasteiger partial charge in [0.25, 0.3) is 0 Å². The molecular weight excluding hydrogens is 364 g/mol. The van der Waals surface area contributed by atoms with Crippen LogP contribution in [0.3, 0.4) is 0 Å². The summed E-state index contributed by atoms with van der Waals surface area (Å²) in [7, 11) is 1.80. The molecule has 0 aliphatic carbocycles. The van der Waals surface area contributed by atoms with E-state index in [2.05, 4.69) is 46.8 Å². The van der Waals surface area contributed by atoms with Gasteiger partial charge in [0.05, 0.1) is 6.10 Å². The summed E-state index contributed by atoms with van der Waals surface area (Å²) in [5, 5.41) is 6.99. The monoisotopic (exact) mass is 400 g/mol. The molecule has 3 atom stereocenters. The molecule has 0 spiro atoms. The zero-order chi connectivity index (χ0) is 20.8. The van der Waals surface area contributed by atoms with Crippen molar-refractivity contribution >= 4 is 11.9 Å². The van der Waals surface area contributed by atoms with E-state index in [0.717, 1.165) is 51.5 Å². The highest BCUT2D eigenvalue weighted by Gasteiger charge is 2.30. The number of benzene rings is 1. The van der Waals surface area contributed by atoms with Gasteiger partial charge in [0.15, 0.2) is 5.96 Å². The largest absolute Gasteiger partial charge is 0.373 e. The maximum absolute atomic E-state index is 12.2. The summed E-state index contributed by atoms with van der Waals surface area (Å²) in [5.74, 6) is 1.50. The van der Waals surface area contributed by atoms with Crippen molar-refractivity contribution in [1.82, 2.24) is 15.5 Å². The van der Waals surface area contributed by atoms with Crippen LogP contribution in [0.15, 0.2) is 29.3 Å². The van der Waals surface area contributed by atoms with Gasteiger partial charge in [0.2, 0.25) is 5.91 Å². The zero-order valence-electron chi connectivity index (χ0n) is 18.3. The Labute approximate surface area is 175 Å². The molecule has 2 aliphatic rings. The lowest BCUT2D eigenvalue weighted by Crippen LogP contribution is -2.47. The molecule has 29 heavy (non-hydrogen) atoms. The van der Waals surface area contributed by atoms with Crippen molar-refractivity contribution < 1.29 is 9.53 Å². The molecule has 2 aliphatic heterocycles. The Balaban J connectivity index is 1.53. The number of aryl methyl sites for hydroxylation is 1. The number of guanidine groups is 1. The molecule has 3 rings (SSSR count). The molecule has 2 heterocycles. The van der Waals surface area contributed by atoms with E-state index in [1.54, 1.807) is 7.05 Å². The van der Waals surface area contributed by atoms with Crippen LogP contribution in [0.5, 0.6) is 0 Å². The maximum Gasteiger partial charge on any atom is 0.225 e. The molecule has 2 N–H and O–H groups in total. The molecule has 0 bridgehead atoms.